The number of aromatic nitrogens is 2. The van der Waals surface area contributed by atoms with Crippen LogP contribution in [0.1, 0.15) is 12.6 Å². The van der Waals surface area contributed by atoms with Gasteiger partial charge < -0.3 is 5.32 Å². The van der Waals surface area contributed by atoms with Crippen LogP contribution in [0.4, 0.5) is 5.95 Å². The van der Waals surface area contributed by atoms with Crippen molar-refractivity contribution in [1.29, 1.82) is 5.53 Å². The van der Waals surface area contributed by atoms with Crippen LogP contribution in [0.15, 0.2) is 28.4 Å². The van der Waals surface area contributed by atoms with E-state index in [1.165, 1.54) is 0 Å². The molecule has 0 saturated carbocycles. The molecule has 1 rings (SSSR count). The topological polar surface area (TPSA) is 86.4 Å². The zero-order chi connectivity index (χ0) is 12.7. The van der Waals surface area contributed by atoms with Gasteiger partial charge in [0.05, 0.1) is 12.2 Å². The summed E-state index contributed by atoms with van der Waals surface area (Å²) in [7, 11) is 3.48. The highest BCUT2D eigenvalue weighted by molar-refractivity contribution is 5.99. The number of aliphatic imine (C=N–C) groups is 1. The quantitative estimate of drug-likeness (QED) is 0.601. The predicted molar refractivity (Wildman–Crippen MR) is 68.6 cm³/mol. The standard InChI is InChI=1S/C11H16N6/c1-8(13-2)6-9(7-16-12)10-4-5-15-11(14-3)17-10/h4-6,12H,7H2,1-3H3,(H,14,15,17)/b9-6+,13-8?,16-12?. The maximum Gasteiger partial charge on any atom is 0.222 e. The van der Waals surface area contributed by atoms with Crippen LogP contribution in [0.5, 0.6) is 0 Å². The molecule has 0 aliphatic heterocycles. The third-order valence-electron chi connectivity index (χ3n) is 2.19. The monoisotopic (exact) mass is 232 g/mol. The molecule has 17 heavy (non-hydrogen) atoms. The summed E-state index contributed by atoms with van der Waals surface area (Å²) in [5, 5.41) is 6.28. The fraction of sp³-hybridized carbons (Fsp3) is 0.364. The van der Waals surface area contributed by atoms with E-state index in [9.17, 15) is 0 Å². The molecule has 6 nitrogen and oxygen atoms in total. The zero-order valence-corrected chi connectivity index (χ0v) is 10.2. The van der Waals surface area contributed by atoms with Gasteiger partial charge in [-0.3, -0.25) is 4.99 Å². The maximum atomic E-state index is 6.97. The van der Waals surface area contributed by atoms with Gasteiger partial charge in [0.15, 0.2) is 0 Å². The highest BCUT2D eigenvalue weighted by Crippen LogP contribution is 2.13. The molecule has 1 aromatic rings. The first-order valence-corrected chi connectivity index (χ1v) is 5.19. The number of anilines is 1. The van der Waals surface area contributed by atoms with Gasteiger partial charge in [-0.15, -0.1) is 0 Å². The molecule has 0 unspecified atom stereocenters. The molecule has 0 radical (unpaired) electrons. The summed E-state index contributed by atoms with van der Waals surface area (Å²) < 4.78 is 0. The minimum Gasteiger partial charge on any atom is -0.357 e. The minimum atomic E-state index is 0.285. The first-order chi connectivity index (χ1) is 8.21. The van der Waals surface area contributed by atoms with E-state index in [2.05, 4.69) is 25.4 Å². The largest absolute Gasteiger partial charge is 0.357 e. The lowest BCUT2D eigenvalue weighted by Gasteiger charge is -2.05. The fourth-order valence-electron chi connectivity index (χ4n) is 1.26. The van der Waals surface area contributed by atoms with Crippen molar-refractivity contribution in [3.63, 3.8) is 0 Å². The molecule has 0 fully saturated rings. The minimum absolute atomic E-state index is 0.285. The van der Waals surface area contributed by atoms with Gasteiger partial charge in [-0.05, 0) is 19.1 Å². The first-order valence-electron chi connectivity index (χ1n) is 5.19. The Balaban J connectivity index is 3.13. The van der Waals surface area contributed by atoms with Gasteiger partial charge in [-0.25, -0.2) is 15.5 Å². The van der Waals surface area contributed by atoms with Gasteiger partial charge in [0.2, 0.25) is 5.95 Å². The number of nitrogens with one attached hydrogen (secondary N) is 2. The second kappa shape index (κ2) is 6.47. The van der Waals surface area contributed by atoms with Gasteiger partial charge in [0.25, 0.3) is 0 Å². The number of rotatable bonds is 5. The van der Waals surface area contributed by atoms with Crippen molar-refractivity contribution in [1.82, 2.24) is 9.97 Å². The van der Waals surface area contributed by atoms with Crippen LogP contribution in [-0.4, -0.2) is 36.3 Å². The van der Waals surface area contributed by atoms with E-state index >= 15 is 0 Å². The van der Waals surface area contributed by atoms with E-state index in [0.717, 1.165) is 17.0 Å². The van der Waals surface area contributed by atoms with Crippen molar-refractivity contribution in [2.45, 2.75) is 6.92 Å². The van der Waals surface area contributed by atoms with Crippen LogP contribution in [0, 0.1) is 5.53 Å². The van der Waals surface area contributed by atoms with E-state index in [-0.39, 0.29) is 6.54 Å². The Morgan fingerprint density at radius 3 is 2.94 bits per heavy atom. The Morgan fingerprint density at radius 2 is 2.35 bits per heavy atom. The predicted octanol–water partition coefficient (Wildman–Crippen LogP) is 2.02. The third kappa shape index (κ3) is 3.75. The summed E-state index contributed by atoms with van der Waals surface area (Å²) >= 11 is 0. The van der Waals surface area contributed by atoms with Crippen LogP contribution in [0.2, 0.25) is 0 Å². The van der Waals surface area contributed by atoms with Crippen molar-refractivity contribution in [2.75, 3.05) is 26.0 Å². The lowest BCUT2D eigenvalue weighted by atomic mass is 10.1. The normalized spacial score (nSPS) is 12.4. The molecular formula is C11H16N6. The van der Waals surface area contributed by atoms with Gasteiger partial charge in [-0.2, -0.15) is 5.11 Å². The molecule has 0 spiro atoms. The smallest absolute Gasteiger partial charge is 0.222 e. The van der Waals surface area contributed by atoms with E-state index in [1.54, 1.807) is 26.4 Å². The average molecular weight is 232 g/mol. The Morgan fingerprint density at radius 1 is 1.59 bits per heavy atom. The zero-order valence-electron chi connectivity index (χ0n) is 10.2. The van der Waals surface area contributed by atoms with Crippen molar-refractivity contribution in [3.8, 4) is 0 Å². The molecule has 0 saturated heterocycles. The molecule has 90 valence electrons. The van der Waals surface area contributed by atoms with Crippen molar-refractivity contribution < 1.29 is 0 Å². The maximum absolute atomic E-state index is 6.97. The van der Waals surface area contributed by atoms with Crippen LogP contribution in [-0.2, 0) is 0 Å². The molecule has 0 aliphatic carbocycles. The average Bonchev–Trinajstić information content (AvgIpc) is 2.38. The van der Waals surface area contributed by atoms with Crippen LogP contribution >= 0.6 is 0 Å². The van der Waals surface area contributed by atoms with Crippen LogP contribution < -0.4 is 5.32 Å². The number of hydrogen-bond donors (Lipinski definition) is 2. The lowest BCUT2D eigenvalue weighted by molar-refractivity contribution is 1.00. The van der Waals surface area contributed by atoms with Gasteiger partial charge in [0.1, 0.15) is 0 Å². The molecule has 0 bridgehead atoms. The van der Waals surface area contributed by atoms with Crippen LogP contribution in [0.25, 0.3) is 5.57 Å². The van der Waals surface area contributed by atoms with Gasteiger partial charge in [-0.1, -0.05) is 0 Å². The van der Waals surface area contributed by atoms with Gasteiger partial charge in [0, 0.05) is 31.6 Å². The fourth-order valence-corrected chi connectivity index (χ4v) is 1.26. The van der Waals surface area contributed by atoms with Crippen molar-refractivity contribution >= 4 is 17.2 Å². The SMILES string of the molecule is CN=C(C)/C=C(\CN=N)c1ccnc(NC)n1. The summed E-state index contributed by atoms with van der Waals surface area (Å²) in [6.45, 7) is 2.18. The van der Waals surface area contributed by atoms with Crippen molar-refractivity contribution in [3.05, 3.63) is 24.0 Å². The summed E-state index contributed by atoms with van der Waals surface area (Å²) in [4.78, 5) is 12.4. The van der Waals surface area contributed by atoms with Crippen molar-refractivity contribution in [2.24, 2.45) is 10.1 Å². The summed E-state index contributed by atoms with van der Waals surface area (Å²) in [5.41, 5.74) is 9.44. The number of nitrogens with zero attached hydrogens (tertiary/aromatic N) is 4. The molecule has 0 aromatic carbocycles. The van der Waals surface area contributed by atoms with E-state index in [0.29, 0.717) is 5.95 Å². The highest BCUT2D eigenvalue weighted by atomic mass is 15.1. The summed E-state index contributed by atoms with van der Waals surface area (Å²) in [6, 6.07) is 1.79. The molecular weight excluding hydrogens is 216 g/mol. The molecule has 2 N–H and O–H groups in total. The number of hydrogen-bond acceptors (Lipinski definition) is 6. The Hall–Kier alpha value is -2.11. The third-order valence-corrected chi connectivity index (χ3v) is 2.19. The molecule has 0 amide bonds. The van der Waals surface area contributed by atoms with E-state index in [1.807, 2.05) is 13.0 Å². The lowest BCUT2D eigenvalue weighted by Crippen LogP contribution is -2.01. The Bertz CT molecular complexity index is 449. The Labute approximate surface area is 100 Å². The molecule has 1 heterocycles. The Kier molecular flexibility index (Phi) is 4.93. The second-order valence-electron chi connectivity index (χ2n) is 3.37. The number of allylic oxidation sites excluding steroid dienone is 1. The summed E-state index contributed by atoms with van der Waals surface area (Å²) in [5.74, 6) is 0.546. The highest BCUT2D eigenvalue weighted by Gasteiger charge is 2.05. The van der Waals surface area contributed by atoms with E-state index in [4.69, 9.17) is 5.53 Å². The first kappa shape index (κ1) is 13.0. The second-order valence-corrected chi connectivity index (χ2v) is 3.37. The molecule has 1 aromatic heterocycles. The molecule has 0 aliphatic rings. The molecule has 6 heteroatoms. The molecule has 0 atom stereocenters. The summed E-state index contributed by atoms with van der Waals surface area (Å²) in [6.07, 6.45) is 3.55. The van der Waals surface area contributed by atoms with E-state index < -0.39 is 0 Å². The van der Waals surface area contributed by atoms with Crippen LogP contribution in [0.3, 0.4) is 0 Å². The van der Waals surface area contributed by atoms with Gasteiger partial charge >= 0.3 is 0 Å².